The quantitative estimate of drug-likeness (QED) is 0.782. The van der Waals surface area contributed by atoms with Crippen LogP contribution in [0.3, 0.4) is 0 Å². The summed E-state index contributed by atoms with van der Waals surface area (Å²) < 4.78 is 12.7. The summed E-state index contributed by atoms with van der Waals surface area (Å²) in [6.45, 7) is 2.10. The maximum atomic E-state index is 12.7. The van der Waals surface area contributed by atoms with Gasteiger partial charge in [-0.3, -0.25) is 4.98 Å². The Morgan fingerprint density at radius 1 is 1.16 bits per heavy atom. The van der Waals surface area contributed by atoms with Crippen molar-refractivity contribution in [2.75, 3.05) is 0 Å². The molecule has 3 heteroatoms. The van der Waals surface area contributed by atoms with Crippen molar-refractivity contribution in [3.05, 3.63) is 65.5 Å². The van der Waals surface area contributed by atoms with Crippen molar-refractivity contribution >= 4 is 16.1 Å². The van der Waals surface area contributed by atoms with Crippen LogP contribution in [0.2, 0.25) is 0 Å². The molecule has 1 unspecified atom stereocenters. The number of hydrogen-bond acceptors (Lipinski definition) is 2. The van der Waals surface area contributed by atoms with Crippen molar-refractivity contribution in [1.29, 1.82) is 0 Å². The first kappa shape index (κ1) is 12.5. The van der Waals surface area contributed by atoms with Crippen LogP contribution in [0, 0.1) is 6.92 Å². The van der Waals surface area contributed by atoms with Gasteiger partial charge in [-0.1, -0.05) is 17.7 Å². The van der Waals surface area contributed by atoms with E-state index in [4.69, 9.17) is 0 Å². The molecule has 0 bridgehead atoms. The Balaban J connectivity index is 2.01. The molecule has 0 spiro atoms. The van der Waals surface area contributed by atoms with E-state index in [1.165, 1.54) is 11.1 Å². The summed E-state index contributed by atoms with van der Waals surface area (Å²) in [5, 5.41) is 0. The molecular weight excluding hydrogens is 254 g/mol. The second kappa shape index (κ2) is 5.19. The number of rotatable bonds is 2. The van der Waals surface area contributed by atoms with Gasteiger partial charge in [-0.15, -0.1) is 0 Å². The van der Waals surface area contributed by atoms with E-state index in [0.29, 0.717) is 0 Å². The molecule has 19 heavy (non-hydrogen) atoms. The number of allylic oxidation sites excluding steroid dienone is 1. The largest absolute Gasteiger partial charge is 0.606 e. The highest BCUT2D eigenvalue weighted by Crippen LogP contribution is 2.34. The summed E-state index contributed by atoms with van der Waals surface area (Å²) in [5.74, 6) is 0. The second-order valence-corrected chi connectivity index (χ2v) is 6.17. The third-order valence-electron chi connectivity index (χ3n) is 3.33. The van der Waals surface area contributed by atoms with Crippen molar-refractivity contribution in [2.45, 2.75) is 24.7 Å². The molecule has 0 radical (unpaired) electrons. The Morgan fingerprint density at radius 2 is 1.95 bits per heavy atom. The average Bonchev–Trinajstić information content (AvgIpc) is 2.46. The predicted octanol–water partition coefficient (Wildman–Crippen LogP) is 3.48. The maximum Gasteiger partial charge on any atom is 0.161 e. The van der Waals surface area contributed by atoms with E-state index in [1.54, 1.807) is 12.4 Å². The molecule has 0 fully saturated rings. The average molecular weight is 269 g/mol. The third-order valence-corrected chi connectivity index (χ3v) is 4.82. The molecule has 0 amide bonds. The molecule has 0 aliphatic heterocycles. The van der Waals surface area contributed by atoms with Crippen LogP contribution < -0.4 is 0 Å². The Hall–Kier alpha value is -1.58. The van der Waals surface area contributed by atoms with Gasteiger partial charge in [-0.25, -0.2) is 0 Å². The van der Waals surface area contributed by atoms with Crippen molar-refractivity contribution in [1.82, 2.24) is 4.98 Å². The van der Waals surface area contributed by atoms with E-state index in [-0.39, 0.29) is 0 Å². The summed E-state index contributed by atoms with van der Waals surface area (Å²) >= 11 is -1.12. The van der Waals surface area contributed by atoms with E-state index in [9.17, 15) is 4.55 Å². The Bertz CT molecular complexity index is 622. The second-order valence-electron chi connectivity index (χ2n) is 4.72. The lowest BCUT2D eigenvalue weighted by Gasteiger charge is -2.20. The molecule has 1 atom stereocenters. The minimum Gasteiger partial charge on any atom is -0.606 e. The lowest BCUT2D eigenvalue weighted by molar-refractivity contribution is 0.604. The molecule has 1 aromatic heterocycles. The lowest BCUT2D eigenvalue weighted by Crippen LogP contribution is -2.10. The van der Waals surface area contributed by atoms with E-state index >= 15 is 0 Å². The highest BCUT2D eigenvalue weighted by atomic mass is 32.2. The van der Waals surface area contributed by atoms with E-state index < -0.39 is 11.2 Å². The Kier molecular flexibility index (Phi) is 3.40. The summed E-state index contributed by atoms with van der Waals surface area (Å²) in [5.41, 5.74) is 3.70. The minimum absolute atomic E-state index is 0.815. The zero-order valence-electron chi connectivity index (χ0n) is 10.8. The third kappa shape index (κ3) is 2.44. The highest BCUT2D eigenvalue weighted by Gasteiger charge is 2.24. The number of aromatic nitrogens is 1. The first-order valence-electron chi connectivity index (χ1n) is 6.37. The molecule has 0 N–H and O–H groups in total. The van der Waals surface area contributed by atoms with Crippen molar-refractivity contribution in [2.24, 2.45) is 0 Å². The van der Waals surface area contributed by atoms with Gasteiger partial charge in [0.05, 0.1) is 0 Å². The van der Waals surface area contributed by atoms with Crippen LogP contribution in [-0.2, 0) is 17.6 Å². The Morgan fingerprint density at radius 3 is 2.74 bits per heavy atom. The summed E-state index contributed by atoms with van der Waals surface area (Å²) in [6.07, 6.45) is 7.48. The molecule has 0 saturated heterocycles. The molecule has 1 aliphatic rings. The predicted molar refractivity (Wildman–Crippen MR) is 78.1 cm³/mol. The summed E-state index contributed by atoms with van der Waals surface area (Å²) in [6, 6.07) is 10.0. The number of hydrogen-bond donors (Lipinski definition) is 0. The van der Waals surface area contributed by atoms with Crippen LogP contribution in [0.5, 0.6) is 0 Å². The van der Waals surface area contributed by atoms with Gasteiger partial charge < -0.3 is 4.55 Å². The van der Waals surface area contributed by atoms with Gasteiger partial charge in [0.25, 0.3) is 0 Å². The zero-order valence-corrected chi connectivity index (χ0v) is 11.6. The normalized spacial score (nSPS) is 15.6. The van der Waals surface area contributed by atoms with Gasteiger partial charge >= 0.3 is 0 Å². The van der Waals surface area contributed by atoms with Gasteiger partial charge in [-0.2, -0.15) is 0 Å². The van der Waals surface area contributed by atoms with Crippen LogP contribution in [0.25, 0.3) is 4.91 Å². The van der Waals surface area contributed by atoms with Gasteiger partial charge in [-0.05, 0) is 37.5 Å². The fourth-order valence-electron chi connectivity index (χ4n) is 2.40. The van der Waals surface area contributed by atoms with Crippen molar-refractivity contribution < 1.29 is 4.55 Å². The van der Waals surface area contributed by atoms with Crippen molar-refractivity contribution in [3.8, 4) is 0 Å². The van der Waals surface area contributed by atoms with Crippen LogP contribution in [0.4, 0.5) is 0 Å². The molecule has 1 aromatic carbocycles. The van der Waals surface area contributed by atoms with E-state index in [0.717, 1.165) is 28.2 Å². The standard InChI is InChI=1S/C16H15NOS/c1-12-5-6-15-13(11-12)3-2-4-16(15)19(18)14-7-9-17-10-8-14/h4-11H,2-3H2,1H3. The minimum atomic E-state index is -1.12. The number of aryl methyl sites for hydroxylation is 2. The van der Waals surface area contributed by atoms with E-state index in [2.05, 4.69) is 36.2 Å². The van der Waals surface area contributed by atoms with Gasteiger partial charge in [0.15, 0.2) is 9.80 Å². The lowest BCUT2D eigenvalue weighted by atomic mass is 9.95. The molecule has 2 nitrogen and oxygen atoms in total. The first-order chi connectivity index (χ1) is 9.25. The highest BCUT2D eigenvalue weighted by molar-refractivity contribution is 8.00. The zero-order chi connectivity index (χ0) is 13.2. The molecule has 1 aliphatic carbocycles. The fourth-order valence-corrected chi connectivity index (χ4v) is 3.69. The number of fused-ring (bicyclic) bond motifs is 1. The molecule has 3 rings (SSSR count). The molecule has 0 saturated carbocycles. The monoisotopic (exact) mass is 269 g/mol. The molecule has 96 valence electrons. The number of benzene rings is 1. The van der Waals surface area contributed by atoms with Gasteiger partial charge in [0.2, 0.25) is 0 Å². The molecule has 2 aromatic rings. The molecule has 1 heterocycles. The van der Waals surface area contributed by atoms with Crippen LogP contribution in [0.15, 0.2) is 53.7 Å². The van der Waals surface area contributed by atoms with Crippen LogP contribution in [-0.4, -0.2) is 9.54 Å². The van der Waals surface area contributed by atoms with E-state index in [1.807, 2.05) is 12.1 Å². The summed E-state index contributed by atoms with van der Waals surface area (Å²) in [4.78, 5) is 5.73. The van der Waals surface area contributed by atoms with Gasteiger partial charge in [0, 0.05) is 41.3 Å². The fraction of sp³-hybridized carbons (Fsp3) is 0.188. The topological polar surface area (TPSA) is 36.0 Å². The Labute approximate surface area is 116 Å². The number of pyridine rings is 1. The van der Waals surface area contributed by atoms with Crippen LogP contribution >= 0.6 is 0 Å². The van der Waals surface area contributed by atoms with Crippen molar-refractivity contribution in [3.63, 3.8) is 0 Å². The van der Waals surface area contributed by atoms with Crippen LogP contribution in [0.1, 0.15) is 23.1 Å². The maximum absolute atomic E-state index is 12.7. The SMILES string of the molecule is Cc1ccc2c(c1)CCC=C2[S+]([O-])c1ccncc1. The number of nitrogens with zero attached hydrogens (tertiary/aromatic N) is 1. The smallest absolute Gasteiger partial charge is 0.161 e. The first-order valence-corrected chi connectivity index (χ1v) is 7.52. The van der Waals surface area contributed by atoms with Gasteiger partial charge in [0.1, 0.15) is 0 Å². The summed E-state index contributed by atoms with van der Waals surface area (Å²) in [7, 11) is 0. The molecular formula is C16H15NOS.